The van der Waals surface area contributed by atoms with Gasteiger partial charge < -0.3 is 5.32 Å². The molecule has 0 aromatic heterocycles. The number of hydrogen-bond acceptors (Lipinski definition) is 2. The highest BCUT2D eigenvalue weighted by atomic mass is 35.5. The molecule has 1 aliphatic carbocycles. The van der Waals surface area contributed by atoms with Crippen LogP contribution in [0.5, 0.6) is 0 Å². The predicted octanol–water partition coefficient (Wildman–Crippen LogP) is 4.85. The molecule has 3 rings (SSSR count). The fourth-order valence-electron chi connectivity index (χ4n) is 3.90. The maximum atomic E-state index is 14.4. The first-order valence-corrected chi connectivity index (χ1v) is 8.53. The molecule has 0 spiro atoms. The fourth-order valence-corrected chi connectivity index (χ4v) is 4.08. The topological polar surface area (TPSA) is 15.3 Å². The first-order chi connectivity index (χ1) is 10.3. The third-order valence-electron chi connectivity index (χ3n) is 4.92. The van der Waals surface area contributed by atoms with Crippen LogP contribution in [0, 0.1) is 11.7 Å². The smallest absolute Gasteiger partial charge is 0.128 e. The molecule has 2 aliphatic rings. The van der Waals surface area contributed by atoms with Gasteiger partial charge in [0.2, 0.25) is 0 Å². The zero-order chi connectivity index (χ0) is 14.7. The molecule has 1 N–H and O–H groups in total. The number of hydrogen-bond donors (Lipinski definition) is 1. The van der Waals surface area contributed by atoms with Gasteiger partial charge in [0.25, 0.3) is 0 Å². The van der Waals surface area contributed by atoms with Crippen molar-refractivity contribution in [2.45, 2.75) is 38.1 Å². The molecule has 0 bridgehead atoms. The molecule has 1 saturated heterocycles. The lowest BCUT2D eigenvalue weighted by Crippen LogP contribution is -2.47. The lowest BCUT2D eigenvalue weighted by atomic mass is 9.80. The van der Waals surface area contributed by atoms with Gasteiger partial charge in [-0.05, 0) is 37.0 Å². The number of benzene rings is 1. The van der Waals surface area contributed by atoms with Crippen molar-refractivity contribution in [2.24, 2.45) is 5.92 Å². The van der Waals surface area contributed by atoms with E-state index >= 15 is 0 Å². The van der Waals surface area contributed by atoms with Gasteiger partial charge in [0, 0.05) is 42.8 Å². The van der Waals surface area contributed by atoms with E-state index in [9.17, 15) is 4.39 Å². The minimum absolute atomic E-state index is 0. The van der Waals surface area contributed by atoms with Gasteiger partial charge >= 0.3 is 0 Å². The second-order valence-electron chi connectivity index (χ2n) is 6.29. The van der Waals surface area contributed by atoms with E-state index in [1.165, 1.54) is 38.2 Å². The van der Waals surface area contributed by atoms with Crippen LogP contribution in [-0.4, -0.2) is 31.1 Å². The summed E-state index contributed by atoms with van der Waals surface area (Å²) in [5, 5.41) is 4.03. The van der Waals surface area contributed by atoms with Gasteiger partial charge in [-0.1, -0.05) is 30.9 Å². The summed E-state index contributed by atoms with van der Waals surface area (Å²) in [7, 11) is 0. The van der Waals surface area contributed by atoms with Crippen LogP contribution in [-0.2, 0) is 0 Å². The maximum absolute atomic E-state index is 14.4. The summed E-state index contributed by atoms with van der Waals surface area (Å²) in [6, 6.07) is 5.20. The van der Waals surface area contributed by atoms with E-state index < -0.39 is 0 Å². The molecule has 0 unspecified atom stereocenters. The monoisotopic (exact) mass is 382 g/mol. The van der Waals surface area contributed by atoms with Crippen molar-refractivity contribution < 1.29 is 4.39 Å². The second kappa shape index (κ2) is 10.0. The van der Waals surface area contributed by atoms with Crippen molar-refractivity contribution in [3.8, 4) is 0 Å². The van der Waals surface area contributed by atoms with Crippen molar-refractivity contribution in [1.82, 2.24) is 10.2 Å². The summed E-state index contributed by atoms with van der Waals surface area (Å²) in [5.41, 5.74) is 0.802. The zero-order valence-electron chi connectivity index (χ0n) is 13.3. The Morgan fingerprint density at radius 2 is 1.74 bits per heavy atom. The molecule has 132 valence electrons. The third kappa shape index (κ3) is 5.20. The van der Waals surface area contributed by atoms with Crippen LogP contribution < -0.4 is 5.32 Å². The van der Waals surface area contributed by atoms with Gasteiger partial charge in [-0.3, -0.25) is 4.90 Å². The number of nitrogens with zero attached hydrogens (tertiary/aromatic N) is 1. The van der Waals surface area contributed by atoms with Crippen LogP contribution in [0.25, 0.3) is 0 Å². The molecular formula is C17H26Cl3FN2. The van der Waals surface area contributed by atoms with E-state index in [-0.39, 0.29) is 36.7 Å². The SMILES string of the molecule is Cl.Cl.Fc1ccc(Cl)cc1[C@@H](C1CCCCC1)N1CCNCC1. The van der Waals surface area contributed by atoms with Crippen LogP contribution in [0.15, 0.2) is 18.2 Å². The van der Waals surface area contributed by atoms with Gasteiger partial charge in [0.15, 0.2) is 0 Å². The van der Waals surface area contributed by atoms with Crippen LogP contribution in [0.3, 0.4) is 0 Å². The average Bonchev–Trinajstić information content (AvgIpc) is 2.53. The van der Waals surface area contributed by atoms with Crippen LogP contribution >= 0.6 is 36.4 Å². The molecule has 2 fully saturated rings. The van der Waals surface area contributed by atoms with E-state index in [2.05, 4.69) is 10.2 Å². The Bertz CT molecular complexity index is 457. The first kappa shape index (κ1) is 21.0. The Balaban J connectivity index is 0.00000132. The Kier molecular flexibility index (Phi) is 9.17. The van der Waals surface area contributed by atoms with E-state index in [4.69, 9.17) is 11.6 Å². The Hall–Kier alpha value is -0.0600. The molecule has 1 aliphatic heterocycles. The standard InChI is InChI=1S/C17H24ClFN2.2ClH/c18-14-6-7-16(19)15(12-14)17(13-4-2-1-3-5-13)21-10-8-20-9-11-21;;/h6-7,12-13,17,20H,1-5,8-11H2;2*1H/t17-;;/m1../s1. The largest absolute Gasteiger partial charge is 0.314 e. The molecule has 1 aromatic rings. The number of halogens is 4. The highest BCUT2D eigenvalue weighted by Crippen LogP contribution is 2.40. The lowest BCUT2D eigenvalue weighted by molar-refractivity contribution is 0.101. The Labute approximate surface area is 156 Å². The number of piperazine rings is 1. The number of rotatable bonds is 3. The minimum atomic E-state index is -0.103. The van der Waals surface area contributed by atoms with Gasteiger partial charge in [-0.25, -0.2) is 4.39 Å². The highest BCUT2D eigenvalue weighted by Gasteiger charge is 2.32. The zero-order valence-corrected chi connectivity index (χ0v) is 15.7. The predicted molar refractivity (Wildman–Crippen MR) is 99.7 cm³/mol. The molecule has 2 nitrogen and oxygen atoms in total. The van der Waals surface area contributed by atoms with Crippen molar-refractivity contribution in [3.05, 3.63) is 34.6 Å². The third-order valence-corrected chi connectivity index (χ3v) is 5.15. The normalized spacial score (nSPS) is 21.1. The highest BCUT2D eigenvalue weighted by molar-refractivity contribution is 6.30. The van der Waals surface area contributed by atoms with Crippen molar-refractivity contribution in [2.75, 3.05) is 26.2 Å². The second-order valence-corrected chi connectivity index (χ2v) is 6.73. The average molecular weight is 384 g/mol. The van der Waals surface area contributed by atoms with E-state index in [0.717, 1.165) is 31.7 Å². The molecule has 1 atom stereocenters. The number of nitrogens with one attached hydrogen (secondary N) is 1. The van der Waals surface area contributed by atoms with Gasteiger partial charge in [0.1, 0.15) is 5.82 Å². The molecule has 23 heavy (non-hydrogen) atoms. The van der Waals surface area contributed by atoms with Gasteiger partial charge in [-0.2, -0.15) is 0 Å². The minimum Gasteiger partial charge on any atom is -0.314 e. The summed E-state index contributed by atoms with van der Waals surface area (Å²) in [4.78, 5) is 2.46. The summed E-state index contributed by atoms with van der Waals surface area (Å²) in [5.74, 6) is 0.457. The van der Waals surface area contributed by atoms with E-state index in [1.54, 1.807) is 6.07 Å². The van der Waals surface area contributed by atoms with Crippen molar-refractivity contribution in [1.29, 1.82) is 0 Å². The quantitative estimate of drug-likeness (QED) is 0.802. The molecule has 1 aromatic carbocycles. The summed E-state index contributed by atoms with van der Waals surface area (Å²) in [6.07, 6.45) is 6.29. The lowest BCUT2D eigenvalue weighted by Gasteiger charge is -2.41. The van der Waals surface area contributed by atoms with Gasteiger partial charge in [-0.15, -0.1) is 24.8 Å². The molecule has 1 saturated carbocycles. The maximum Gasteiger partial charge on any atom is 0.128 e. The summed E-state index contributed by atoms with van der Waals surface area (Å²) >= 11 is 6.14. The molecule has 6 heteroatoms. The Morgan fingerprint density at radius 1 is 1.09 bits per heavy atom. The van der Waals surface area contributed by atoms with E-state index in [1.807, 2.05) is 6.07 Å². The molecular weight excluding hydrogens is 358 g/mol. The molecule has 0 radical (unpaired) electrons. The fraction of sp³-hybridized carbons (Fsp3) is 0.647. The van der Waals surface area contributed by atoms with Crippen LogP contribution in [0.4, 0.5) is 4.39 Å². The van der Waals surface area contributed by atoms with Crippen LogP contribution in [0.2, 0.25) is 5.02 Å². The Morgan fingerprint density at radius 3 is 2.39 bits per heavy atom. The molecule has 1 heterocycles. The van der Waals surface area contributed by atoms with E-state index in [0.29, 0.717) is 10.9 Å². The van der Waals surface area contributed by atoms with Crippen molar-refractivity contribution >= 4 is 36.4 Å². The first-order valence-electron chi connectivity index (χ1n) is 8.15. The van der Waals surface area contributed by atoms with Crippen molar-refractivity contribution in [3.63, 3.8) is 0 Å². The van der Waals surface area contributed by atoms with Crippen LogP contribution in [0.1, 0.15) is 43.7 Å². The molecule has 0 amide bonds. The summed E-state index contributed by atoms with van der Waals surface area (Å²) < 4.78 is 14.4. The summed E-state index contributed by atoms with van der Waals surface area (Å²) in [6.45, 7) is 3.97. The van der Waals surface area contributed by atoms with Gasteiger partial charge in [0.05, 0.1) is 0 Å².